The van der Waals surface area contributed by atoms with Crippen molar-refractivity contribution in [2.45, 2.75) is 6.42 Å². The Bertz CT molecular complexity index is 1010. The highest BCUT2D eigenvalue weighted by molar-refractivity contribution is 7.19. The number of hydrogen-bond acceptors (Lipinski definition) is 6. The van der Waals surface area contributed by atoms with Gasteiger partial charge in [0.1, 0.15) is 32.1 Å². The molecule has 0 amide bonds. The van der Waals surface area contributed by atoms with Crippen molar-refractivity contribution in [3.05, 3.63) is 58.3 Å². The summed E-state index contributed by atoms with van der Waals surface area (Å²) in [6, 6.07) is 12.3. The lowest BCUT2D eigenvalue weighted by Gasteiger charge is -1.98. The Morgan fingerprint density at radius 2 is 1.92 bits per heavy atom. The van der Waals surface area contributed by atoms with Crippen LogP contribution in [0.2, 0.25) is 0 Å². The maximum atomic E-state index is 13.3. The number of hydrogen-bond donors (Lipinski definition) is 0. The maximum absolute atomic E-state index is 13.3. The molecule has 0 N–H and O–H groups in total. The molecule has 0 saturated heterocycles. The van der Waals surface area contributed by atoms with Gasteiger partial charge in [-0.15, -0.1) is 21.5 Å². The van der Waals surface area contributed by atoms with E-state index in [1.165, 1.54) is 23.5 Å². The Morgan fingerprint density at radius 1 is 1.04 bits per heavy atom. The molecule has 0 unspecified atom stereocenters. The first-order chi connectivity index (χ1) is 11.7. The minimum absolute atomic E-state index is 0.275. The van der Waals surface area contributed by atoms with Crippen molar-refractivity contribution in [1.82, 2.24) is 15.2 Å². The molecule has 4 aromatic rings. The maximum Gasteiger partial charge on any atom is 0.147 e. The molecule has 0 saturated carbocycles. The van der Waals surface area contributed by atoms with E-state index in [1.54, 1.807) is 24.5 Å². The first-order valence-corrected chi connectivity index (χ1v) is 8.87. The number of benzene rings is 2. The summed E-state index contributed by atoms with van der Waals surface area (Å²) >= 11 is 3.07. The number of rotatable bonds is 4. The fourth-order valence-corrected chi connectivity index (χ4v) is 4.32. The third-order valence-corrected chi connectivity index (χ3v) is 5.48. The summed E-state index contributed by atoms with van der Waals surface area (Å²) in [4.78, 5) is 4.65. The normalized spacial score (nSPS) is 11.1. The van der Waals surface area contributed by atoms with Crippen molar-refractivity contribution in [1.29, 1.82) is 0 Å². The van der Waals surface area contributed by atoms with E-state index in [0.29, 0.717) is 11.4 Å². The molecule has 120 valence electrons. The van der Waals surface area contributed by atoms with E-state index >= 15 is 0 Å². The van der Waals surface area contributed by atoms with Crippen LogP contribution in [0.25, 0.3) is 20.8 Å². The van der Waals surface area contributed by atoms with Crippen molar-refractivity contribution in [2.75, 3.05) is 7.11 Å². The number of halogens is 1. The molecule has 4 rings (SSSR count). The molecule has 0 bridgehead atoms. The molecule has 0 aliphatic rings. The van der Waals surface area contributed by atoms with Crippen LogP contribution in [0, 0.1) is 5.82 Å². The molecular weight excluding hydrogens is 345 g/mol. The van der Waals surface area contributed by atoms with Gasteiger partial charge in [0.2, 0.25) is 0 Å². The van der Waals surface area contributed by atoms with Crippen LogP contribution < -0.4 is 4.74 Å². The first kappa shape index (κ1) is 15.2. The van der Waals surface area contributed by atoms with Crippen LogP contribution in [0.5, 0.6) is 5.75 Å². The molecule has 2 aromatic carbocycles. The highest BCUT2D eigenvalue weighted by Gasteiger charge is 2.12. The van der Waals surface area contributed by atoms with Crippen molar-refractivity contribution in [3.8, 4) is 16.3 Å². The average Bonchev–Trinajstić information content (AvgIpc) is 3.21. The van der Waals surface area contributed by atoms with Crippen molar-refractivity contribution < 1.29 is 9.13 Å². The van der Waals surface area contributed by atoms with E-state index in [-0.39, 0.29) is 5.82 Å². The van der Waals surface area contributed by atoms with Crippen molar-refractivity contribution in [2.24, 2.45) is 0 Å². The summed E-state index contributed by atoms with van der Waals surface area (Å²) in [5, 5.41) is 10.9. The first-order valence-electron chi connectivity index (χ1n) is 7.23. The number of fused-ring (bicyclic) bond motifs is 1. The van der Waals surface area contributed by atoms with Crippen molar-refractivity contribution >= 4 is 32.9 Å². The van der Waals surface area contributed by atoms with Gasteiger partial charge in [-0.05, 0) is 24.3 Å². The van der Waals surface area contributed by atoms with E-state index in [0.717, 1.165) is 31.5 Å². The van der Waals surface area contributed by atoms with Gasteiger partial charge in [0.05, 0.1) is 18.2 Å². The van der Waals surface area contributed by atoms with Crippen LogP contribution in [0.15, 0.2) is 42.5 Å². The predicted molar refractivity (Wildman–Crippen MR) is 94.3 cm³/mol. The average molecular weight is 357 g/mol. The Hall–Kier alpha value is -2.38. The second-order valence-electron chi connectivity index (χ2n) is 5.10. The van der Waals surface area contributed by atoms with Gasteiger partial charge >= 0.3 is 0 Å². The molecule has 0 spiro atoms. The lowest BCUT2D eigenvalue weighted by molar-refractivity contribution is 0.419. The molecule has 0 radical (unpaired) electrons. The second kappa shape index (κ2) is 6.26. The Kier molecular flexibility index (Phi) is 3.95. The molecule has 0 atom stereocenters. The Balaban J connectivity index is 1.62. The quantitative estimate of drug-likeness (QED) is 0.537. The van der Waals surface area contributed by atoms with Crippen LogP contribution in [-0.4, -0.2) is 22.3 Å². The zero-order valence-corrected chi connectivity index (χ0v) is 14.3. The fourth-order valence-electron chi connectivity index (χ4n) is 2.40. The summed E-state index contributed by atoms with van der Waals surface area (Å²) in [6.07, 6.45) is 0.607. The van der Waals surface area contributed by atoms with E-state index in [1.807, 2.05) is 24.3 Å². The molecule has 0 fully saturated rings. The summed E-state index contributed by atoms with van der Waals surface area (Å²) in [6.45, 7) is 0. The Morgan fingerprint density at radius 3 is 2.75 bits per heavy atom. The largest absolute Gasteiger partial charge is 0.494 e. The molecular formula is C17H12FN3OS2. The van der Waals surface area contributed by atoms with E-state index < -0.39 is 0 Å². The molecule has 7 heteroatoms. The van der Waals surface area contributed by atoms with Crippen LogP contribution >= 0.6 is 22.7 Å². The van der Waals surface area contributed by atoms with Gasteiger partial charge in [-0.3, -0.25) is 0 Å². The molecule has 0 aliphatic carbocycles. The standard InChI is InChI=1S/C17H12FN3OS2/c1-22-12-6-3-7-13-16(12)19-14(23-13)9-15-20-21-17(24-15)10-4-2-5-11(18)8-10/h2-8H,9H2,1H3. The minimum atomic E-state index is -0.275. The van der Waals surface area contributed by atoms with Gasteiger partial charge in [0.25, 0.3) is 0 Å². The summed E-state index contributed by atoms with van der Waals surface area (Å²) in [5.74, 6) is 0.496. The van der Waals surface area contributed by atoms with Gasteiger partial charge < -0.3 is 4.74 Å². The second-order valence-corrected chi connectivity index (χ2v) is 7.28. The van der Waals surface area contributed by atoms with Gasteiger partial charge in [0, 0.05) is 5.56 Å². The molecule has 2 aromatic heterocycles. The lowest BCUT2D eigenvalue weighted by atomic mass is 10.2. The summed E-state index contributed by atoms with van der Waals surface area (Å²) in [7, 11) is 1.64. The minimum Gasteiger partial charge on any atom is -0.494 e. The van der Waals surface area contributed by atoms with E-state index in [2.05, 4.69) is 15.2 Å². The van der Waals surface area contributed by atoms with Gasteiger partial charge in [-0.2, -0.15) is 0 Å². The number of methoxy groups -OCH3 is 1. The van der Waals surface area contributed by atoms with Gasteiger partial charge in [0.15, 0.2) is 0 Å². The third-order valence-electron chi connectivity index (χ3n) is 3.49. The smallest absolute Gasteiger partial charge is 0.147 e. The van der Waals surface area contributed by atoms with Crippen LogP contribution in [0.1, 0.15) is 10.0 Å². The summed E-state index contributed by atoms with van der Waals surface area (Å²) < 4.78 is 19.8. The topological polar surface area (TPSA) is 47.9 Å². The SMILES string of the molecule is COc1cccc2sc(Cc3nnc(-c4cccc(F)c4)s3)nc12. The Labute approximate surface area is 145 Å². The molecule has 4 nitrogen and oxygen atoms in total. The van der Waals surface area contributed by atoms with E-state index in [9.17, 15) is 4.39 Å². The zero-order chi connectivity index (χ0) is 16.5. The number of aromatic nitrogens is 3. The summed E-state index contributed by atoms with van der Waals surface area (Å²) in [5.41, 5.74) is 1.61. The monoisotopic (exact) mass is 357 g/mol. The number of para-hydroxylation sites is 1. The number of nitrogens with zero attached hydrogens (tertiary/aromatic N) is 3. The third kappa shape index (κ3) is 2.88. The van der Waals surface area contributed by atoms with Gasteiger partial charge in [-0.1, -0.05) is 29.5 Å². The number of ether oxygens (including phenoxy) is 1. The van der Waals surface area contributed by atoms with Gasteiger partial charge in [-0.25, -0.2) is 9.37 Å². The predicted octanol–water partition coefficient (Wildman–Crippen LogP) is 4.55. The number of thiazole rings is 1. The zero-order valence-electron chi connectivity index (χ0n) is 12.7. The molecule has 2 heterocycles. The van der Waals surface area contributed by atoms with Crippen molar-refractivity contribution in [3.63, 3.8) is 0 Å². The molecule has 0 aliphatic heterocycles. The van der Waals surface area contributed by atoms with E-state index in [4.69, 9.17) is 4.74 Å². The highest BCUT2D eigenvalue weighted by atomic mass is 32.1. The van der Waals surface area contributed by atoms with Crippen LogP contribution in [0.4, 0.5) is 4.39 Å². The van der Waals surface area contributed by atoms with Crippen LogP contribution in [-0.2, 0) is 6.42 Å². The molecule has 24 heavy (non-hydrogen) atoms. The highest BCUT2D eigenvalue weighted by Crippen LogP contribution is 2.32. The lowest BCUT2D eigenvalue weighted by Crippen LogP contribution is -1.87. The fraction of sp³-hybridized carbons (Fsp3) is 0.118. The van der Waals surface area contributed by atoms with Crippen LogP contribution in [0.3, 0.4) is 0 Å².